The summed E-state index contributed by atoms with van der Waals surface area (Å²) in [5.74, 6) is 0.273. The molecule has 6 unspecified atom stereocenters. The van der Waals surface area contributed by atoms with E-state index in [2.05, 4.69) is 52.4 Å². The smallest absolute Gasteiger partial charge is 0.303 e. The van der Waals surface area contributed by atoms with Crippen LogP contribution in [0.25, 0.3) is 0 Å². The summed E-state index contributed by atoms with van der Waals surface area (Å²) in [6.45, 7) is 0.0441. The molecule has 0 aromatic carbocycles. The zero-order valence-electron chi connectivity index (χ0n) is 20.2. The Kier molecular flexibility index (Phi) is 11.5. The summed E-state index contributed by atoms with van der Waals surface area (Å²) in [5.41, 5.74) is 1.24. The summed E-state index contributed by atoms with van der Waals surface area (Å²) < 4.78 is 66.2. The molecule has 0 radical (unpaired) electrons. The first-order valence-electron chi connectivity index (χ1n) is 11.9. The highest BCUT2D eigenvalue weighted by Crippen LogP contribution is 2.25. The van der Waals surface area contributed by atoms with E-state index in [9.17, 15) is 16.8 Å². The monoisotopic (exact) mass is 616 g/mol. The standard InChI is InChI=1S/C16H35Cl2N9O6S3/c17-11-22-13(19)26-16(25-11)34-7-5-20-14-23-12(18)24-15(27-14)21-9-1-3-10(4-2-9)35(28,29)8-6-33-36(30,31)32/h9-16,20-27H,1-8,19H2,(H,30,31,32)/i/hD. The third-order valence-corrected chi connectivity index (χ3v) is 10.0. The van der Waals surface area contributed by atoms with Gasteiger partial charge in [-0.15, -0.1) is 11.8 Å². The molecular formula is C16H35Cl2N9O6S3. The molecule has 212 valence electrons. The van der Waals surface area contributed by atoms with Crippen LogP contribution in [-0.4, -0.2) is 93.0 Å². The number of alkyl halides is 2. The van der Waals surface area contributed by atoms with Crippen LogP contribution in [0.5, 0.6) is 0 Å². The van der Waals surface area contributed by atoms with Gasteiger partial charge in [-0.2, -0.15) is 8.42 Å². The van der Waals surface area contributed by atoms with Crippen molar-refractivity contribution in [2.24, 2.45) is 5.73 Å². The molecule has 3 fully saturated rings. The zero-order valence-corrected chi connectivity index (χ0v) is 23.2. The minimum absolute atomic E-state index is 0.0582. The molecule has 6 atom stereocenters. The van der Waals surface area contributed by atoms with Crippen molar-refractivity contribution in [3.05, 3.63) is 0 Å². The predicted molar refractivity (Wildman–Crippen MR) is 138 cm³/mol. The quantitative estimate of drug-likeness (QED) is 0.0435. The predicted octanol–water partition coefficient (Wildman–Crippen LogP) is -2.85. The summed E-state index contributed by atoms with van der Waals surface area (Å²) in [6.07, 6.45) is 1.08. The van der Waals surface area contributed by atoms with E-state index in [0.717, 1.165) is 5.75 Å². The van der Waals surface area contributed by atoms with E-state index in [0.29, 0.717) is 32.2 Å². The number of nitrogens with two attached hydrogens (primary N) is 1. The Hall–Kier alpha value is 0.390. The Bertz CT molecular complexity index is 922. The zero-order chi connectivity index (χ0) is 27.1. The van der Waals surface area contributed by atoms with Gasteiger partial charge in [0.25, 0.3) is 0 Å². The Morgan fingerprint density at radius 3 is 2.39 bits per heavy atom. The second kappa shape index (κ2) is 14.1. The number of hydrogen-bond donors (Lipinski definition) is 10. The van der Waals surface area contributed by atoms with Crippen LogP contribution in [-0.2, 0) is 24.4 Å². The lowest BCUT2D eigenvalue weighted by molar-refractivity contribution is 0.166. The molecule has 0 aromatic heterocycles. The van der Waals surface area contributed by atoms with E-state index in [4.69, 9.17) is 29.2 Å². The molecule has 1 saturated carbocycles. The molecule has 15 nitrogen and oxygen atoms in total. The third kappa shape index (κ3) is 10.9. The van der Waals surface area contributed by atoms with Crippen LogP contribution in [0.3, 0.4) is 0 Å². The van der Waals surface area contributed by atoms with Crippen LogP contribution in [0, 0.1) is 0 Å². The average molecular weight is 618 g/mol. The van der Waals surface area contributed by atoms with Gasteiger partial charge in [0.1, 0.15) is 37.0 Å². The molecule has 36 heavy (non-hydrogen) atoms. The molecule has 2 saturated heterocycles. The van der Waals surface area contributed by atoms with Gasteiger partial charge in [-0.1, -0.05) is 23.2 Å². The highest BCUT2D eigenvalue weighted by Gasteiger charge is 2.33. The fourth-order valence-electron chi connectivity index (χ4n) is 4.12. The van der Waals surface area contributed by atoms with Gasteiger partial charge in [-0.3, -0.25) is 47.1 Å². The second-order valence-corrected chi connectivity index (χ2v) is 14.1. The molecule has 2 aliphatic heterocycles. The normalized spacial score (nSPS) is 36.9. The van der Waals surface area contributed by atoms with E-state index in [-0.39, 0.29) is 24.1 Å². The van der Waals surface area contributed by atoms with Crippen LogP contribution in [0.4, 0.5) is 0 Å². The van der Waals surface area contributed by atoms with E-state index >= 15 is 0 Å². The van der Waals surface area contributed by atoms with E-state index in [1.54, 1.807) is 11.8 Å². The highest BCUT2D eigenvalue weighted by molar-refractivity contribution is 7.99. The van der Waals surface area contributed by atoms with Crippen molar-refractivity contribution in [1.82, 2.24) is 42.5 Å². The SMILES string of the molecule is [2H]NC1NC(Cl)NC(SCCNC2NC(Cl)NC(NC3CCC(S(=O)(=O)CCOS(=O)(=O)O)CC3)N2)N1. The molecule has 3 rings (SSSR count). The van der Waals surface area contributed by atoms with Gasteiger partial charge >= 0.3 is 10.4 Å². The van der Waals surface area contributed by atoms with Crippen molar-refractivity contribution in [3.63, 3.8) is 0 Å². The molecule has 20 heteroatoms. The molecule has 0 amide bonds. The summed E-state index contributed by atoms with van der Waals surface area (Å²) in [6, 6.07) is 0.0582. The molecular weight excluding hydrogens is 581 g/mol. The molecule has 11 N–H and O–H groups in total. The van der Waals surface area contributed by atoms with Crippen LogP contribution >= 0.6 is 35.0 Å². The summed E-state index contributed by atoms with van der Waals surface area (Å²) in [5, 5.41) is 24.9. The lowest BCUT2D eigenvalue weighted by Gasteiger charge is -2.40. The Morgan fingerprint density at radius 1 is 1.00 bits per heavy atom. The molecule has 0 spiro atoms. The fraction of sp³-hybridized carbons (Fsp3) is 1.00. The molecule has 2 heterocycles. The molecule has 3 aliphatic rings. The lowest BCUT2D eigenvalue weighted by atomic mass is 9.95. The number of halogens is 2. The van der Waals surface area contributed by atoms with E-state index in [1.165, 1.54) is 0 Å². The van der Waals surface area contributed by atoms with Crippen LogP contribution in [0.2, 0.25) is 1.41 Å². The van der Waals surface area contributed by atoms with Crippen LogP contribution in [0.15, 0.2) is 0 Å². The molecule has 0 aromatic rings. The van der Waals surface area contributed by atoms with Gasteiger partial charge < -0.3 is 5.73 Å². The Balaban J connectivity index is 1.35. The highest BCUT2D eigenvalue weighted by atomic mass is 35.5. The number of hydrogen-bond acceptors (Lipinski definition) is 15. The maximum atomic E-state index is 12.5. The van der Waals surface area contributed by atoms with Gasteiger partial charge in [0.15, 0.2) is 9.84 Å². The van der Waals surface area contributed by atoms with Gasteiger partial charge in [-0.25, -0.2) is 12.6 Å². The largest absolute Gasteiger partial charge is 0.397 e. The molecule has 1 aliphatic carbocycles. The minimum Gasteiger partial charge on any atom is -0.303 e. The number of rotatable bonds is 13. The molecule has 0 bridgehead atoms. The minimum atomic E-state index is -4.66. The maximum absolute atomic E-state index is 12.5. The van der Waals surface area contributed by atoms with Crippen molar-refractivity contribution in [2.45, 2.75) is 72.6 Å². The summed E-state index contributed by atoms with van der Waals surface area (Å²) in [4.78, 5) is 0. The summed E-state index contributed by atoms with van der Waals surface area (Å²) in [7, 11) is -8.21. The van der Waals surface area contributed by atoms with Crippen molar-refractivity contribution >= 4 is 55.2 Å². The Morgan fingerprint density at radius 2 is 1.69 bits per heavy atom. The first-order valence-corrected chi connectivity index (χ1v) is 16.4. The number of thioether (sulfide) groups is 1. The maximum Gasteiger partial charge on any atom is 0.397 e. The van der Waals surface area contributed by atoms with Gasteiger partial charge in [0.05, 0.1) is 17.6 Å². The second-order valence-electron chi connectivity index (χ2n) is 8.49. The van der Waals surface area contributed by atoms with Crippen LogP contribution < -0.4 is 48.3 Å². The topological polar surface area (TPSA) is 220 Å². The van der Waals surface area contributed by atoms with Crippen molar-refractivity contribution in [1.29, 1.82) is 0 Å². The van der Waals surface area contributed by atoms with Crippen LogP contribution in [0.1, 0.15) is 25.7 Å². The number of sulfone groups is 1. The van der Waals surface area contributed by atoms with Gasteiger partial charge in [0.2, 0.25) is 0 Å². The third-order valence-electron chi connectivity index (χ3n) is 5.81. The van der Waals surface area contributed by atoms with Gasteiger partial charge in [-0.05, 0) is 25.7 Å². The fourth-order valence-corrected chi connectivity index (χ4v) is 7.67. The van der Waals surface area contributed by atoms with Gasteiger partial charge in [0, 0.05) is 18.3 Å². The first kappa shape index (κ1) is 29.4. The number of nitrogens with one attached hydrogen (secondary N) is 8. The first-order chi connectivity index (χ1) is 17.4. The lowest BCUT2D eigenvalue weighted by Crippen LogP contribution is -2.74. The van der Waals surface area contributed by atoms with Crippen molar-refractivity contribution in [3.8, 4) is 0 Å². The summed E-state index contributed by atoms with van der Waals surface area (Å²) >= 11 is 14.0. The van der Waals surface area contributed by atoms with E-state index in [1.807, 2.05) is 0 Å². The van der Waals surface area contributed by atoms with E-state index < -0.39 is 55.4 Å². The Labute approximate surface area is 227 Å². The average Bonchev–Trinajstić information content (AvgIpc) is 2.80. The van der Waals surface area contributed by atoms with Crippen molar-refractivity contribution < 1.29 is 27.0 Å². The van der Waals surface area contributed by atoms with Crippen molar-refractivity contribution in [2.75, 3.05) is 24.7 Å².